The highest BCUT2D eigenvalue weighted by Crippen LogP contribution is 2.42. The van der Waals surface area contributed by atoms with Gasteiger partial charge in [-0.1, -0.05) is 34.3 Å². The Bertz CT molecular complexity index is 2480. The number of nitrogens with one attached hydrogen (secondary N) is 2. The predicted octanol–water partition coefficient (Wildman–Crippen LogP) is 4.37. The fourth-order valence-corrected chi connectivity index (χ4v) is 9.49. The number of pyridine rings is 1. The molecule has 7 rings (SSSR count). The van der Waals surface area contributed by atoms with Crippen molar-refractivity contribution in [3.8, 4) is 22.7 Å². The van der Waals surface area contributed by atoms with E-state index in [1.165, 1.54) is 28.1 Å². The maximum atomic E-state index is 14.6. The van der Waals surface area contributed by atoms with Crippen molar-refractivity contribution in [3.05, 3.63) is 72.4 Å². The summed E-state index contributed by atoms with van der Waals surface area (Å²) < 4.78 is 20.2. The Morgan fingerprint density at radius 3 is 2.65 bits per heavy atom. The number of esters is 1. The Hall–Kier alpha value is -5.91. The summed E-state index contributed by atoms with van der Waals surface area (Å²) >= 11 is 0. The number of carbonyl (C=O) groups is 5. The van der Waals surface area contributed by atoms with Crippen LogP contribution in [0.5, 0.6) is 0 Å². The zero-order valence-corrected chi connectivity index (χ0v) is 38.7. The molecular formula is C48H62N8O9. The van der Waals surface area contributed by atoms with Gasteiger partial charge < -0.3 is 38.7 Å². The zero-order valence-electron chi connectivity index (χ0n) is 38.7. The average Bonchev–Trinajstić information content (AvgIpc) is 4.02. The van der Waals surface area contributed by atoms with Crippen LogP contribution in [0, 0.1) is 11.3 Å². The van der Waals surface area contributed by atoms with Crippen LogP contribution in [0.15, 0.2) is 59.9 Å². The second-order valence-electron chi connectivity index (χ2n) is 18.6. The number of aryl methyl sites for hydroxylation is 1. The van der Waals surface area contributed by atoms with Crippen molar-refractivity contribution in [1.29, 1.82) is 0 Å². The van der Waals surface area contributed by atoms with E-state index >= 15 is 0 Å². The number of ether oxygens (including phenoxy) is 2. The molecule has 0 aliphatic carbocycles. The third-order valence-electron chi connectivity index (χ3n) is 12.9. The van der Waals surface area contributed by atoms with E-state index in [1.54, 1.807) is 27.2 Å². The Morgan fingerprint density at radius 1 is 1.17 bits per heavy atom. The van der Waals surface area contributed by atoms with E-state index in [0.29, 0.717) is 43.0 Å². The molecule has 5 atom stereocenters. The number of amides is 4. The van der Waals surface area contributed by atoms with Crippen molar-refractivity contribution < 1.29 is 43.0 Å². The summed E-state index contributed by atoms with van der Waals surface area (Å²) in [6.45, 7) is 16.1. The molecule has 1 unspecified atom stereocenters. The number of hydrazine groups is 1. The number of hydrogen-bond donors (Lipinski definition) is 3. The third-order valence-corrected chi connectivity index (χ3v) is 12.9. The molecule has 3 aliphatic rings. The monoisotopic (exact) mass is 894 g/mol. The molecule has 65 heavy (non-hydrogen) atoms. The number of carbonyl (C=O) groups excluding carboxylic acids is 5. The van der Waals surface area contributed by atoms with Gasteiger partial charge in [-0.2, -0.15) is 0 Å². The molecule has 4 aromatic rings. The molecule has 3 N–H and O–H groups in total. The first-order chi connectivity index (χ1) is 30.9. The van der Waals surface area contributed by atoms with Gasteiger partial charge in [-0.15, -0.1) is 0 Å². The molecule has 17 heteroatoms. The predicted molar refractivity (Wildman–Crippen MR) is 241 cm³/mol. The number of fused-ring (bicyclic) bond motifs is 6. The van der Waals surface area contributed by atoms with Crippen LogP contribution in [0.3, 0.4) is 0 Å². The second-order valence-corrected chi connectivity index (χ2v) is 18.6. The van der Waals surface area contributed by atoms with Gasteiger partial charge in [-0.3, -0.25) is 34.0 Å². The van der Waals surface area contributed by atoms with E-state index in [1.807, 2.05) is 31.2 Å². The Labute approximate surface area is 379 Å². The zero-order chi connectivity index (χ0) is 47.0. The summed E-state index contributed by atoms with van der Waals surface area (Å²) in [5, 5.41) is 16.6. The van der Waals surface area contributed by atoms with Crippen molar-refractivity contribution in [2.45, 2.75) is 110 Å². The van der Waals surface area contributed by atoms with E-state index in [-0.39, 0.29) is 45.2 Å². The van der Waals surface area contributed by atoms with Crippen LogP contribution in [0.25, 0.3) is 33.6 Å². The maximum Gasteiger partial charge on any atom is 0.324 e. The Morgan fingerprint density at radius 2 is 1.94 bits per heavy atom. The van der Waals surface area contributed by atoms with Gasteiger partial charge >= 0.3 is 5.97 Å². The van der Waals surface area contributed by atoms with Crippen molar-refractivity contribution in [2.75, 3.05) is 40.4 Å². The quantitative estimate of drug-likeness (QED) is 0.150. The van der Waals surface area contributed by atoms with Crippen LogP contribution < -0.4 is 10.7 Å². The number of benzene rings is 1. The minimum Gasteiger partial charge on any atom is -0.464 e. The van der Waals surface area contributed by atoms with E-state index < -0.39 is 64.7 Å². The topological polar surface area (TPSA) is 202 Å². The number of methoxy groups -OCH3 is 1. The van der Waals surface area contributed by atoms with Gasteiger partial charge in [0.25, 0.3) is 11.8 Å². The van der Waals surface area contributed by atoms with Gasteiger partial charge in [-0.05, 0) is 81.0 Å². The van der Waals surface area contributed by atoms with E-state index in [9.17, 15) is 29.1 Å². The first-order valence-electron chi connectivity index (χ1n) is 22.4. The minimum atomic E-state index is -1.92. The van der Waals surface area contributed by atoms with E-state index in [2.05, 4.69) is 48.7 Å². The number of likely N-dealkylation sites (tertiary alicyclic amines) is 1. The number of β-amino-alcohol motifs (C(OH)–C–C–N with tert-alkyl or cyclic N) is 1. The van der Waals surface area contributed by atoms with Crippen LogP contribution in [-0.4, -0.2) is 128 Å². The van der Waals surface area contributed by atoms with Crippen molar-refractivity contribution in [1.82, 2.24) is 40.1 Å². The summed E-state index contributed by atoms with van der Waals surface area (Å²) in [6.07, 6.45) is 5.40. The molecule has 0 saturated carbocycles. The maximum absolute atomic E-state index is 14.6. The van der Waals surface area contributed by atoms with Gasteiger partial charge in [0.2, 0.25) is 17.7 Å². The van der Waals surface area contributed by atoms with Crippen LogP contribution in [-0.2, 0) is 52.8 Å². The molecule has 1 aromatic carbocycles. The van der Waals surface area contributed by atoms with Gasteiger partial charge in [0.1, 0.15) is 24.4 Å². The lowest BCUT2D eigenvalue weighted by Gasteiger charge is -2.37. The molecule has 3 aliphatic heterocycles. The minimum absolute atomic E-state index is 0.0154. The van der Waals surface area contributed by atoms with Crippen LogP contribution in [0.2, 0.25) is 0 Å². The molecule has 0 radical (unpaired) electrons. The van der Waals surface area contributed by atoms with Crippen molar-refractivity contribution >= 4 is 40.5 Å². The third kappa shape index (κ3) is 9.45. The first-order valence-corrected chi connectivity index (χ1v) is 22.4. The molecule has 348 valence electrons. The first kappa shape index (κ1) is 47.1. The molecular weight excluding hydrogens is 833 g/mol. The van der Waals surface area contributed by atoms with E-state index in [4.69, 9.17) is 23.9 Å². The largest absolute Gasteiger partial charge is 0.464 e. The molecule has 17 nitrogen and oxygen atoms in total. The summed E-state index contributed by atoms with van der Waals surface area (Å²) in [6, 6.07) is 6.83. The number of aliphatic hydroxyl groups is 1. The number of rotatable bonds is 10. The molecule has 6 bridgehead atoms. The lowest BCUT2D eigenvalue weighted by atomic mass is 9.84. The summed E-state index contributed by atoms with van der Waals surface area (Å²) in [5.41, 5.74) is 6.43. The SMILES string of the molecule is C=CC(=O)N1CCC(O)(C(=O)N(C)[C@H](C(=O)N[C@H]2Cc3coc(n3)-c3ccc4c(c3)c(c(-c3cccnc3[C@H](C)OC)n4CC)CC(C)(C)COC(=O)[C@@H]3CCCN(N3)C2=O)C(C)C)C1. The lowest BCUT2D eigenvalue weighted by molar-refractivity contribution is -0.156. The Kier molecular flexibility index (Phi) is 13.7. The number of likely N-dealkylation sites (N-methyl/N-ethyl adjacent to an activating group) is 1. The van der Waals surface area contributed by atoms with E-state index in [0.717, 1.165) is 39.5 Å². The van der Waals surface area contributed by atoms with Crippen LogP contribution in [0.4, 0.5) is 0 Å². The lowest BCUT2D eigenvalue weighted by Crippen LogP contribution is -2.63. The van der Waals surface area contributed by atoms with Crippen LogP contribution in [0.1, 0.15) is 83.9 Å². The molecule has 2 fully saturated rings. The molecule has 6 heterocycles. The molecule has 0 spiro atoms. The van der Waals surface area contributed by atoms with Crippen molar-refractivity contribution in [3.63, 3.8) is 0 Å². The van der Waals surface area contributed by atoms with Gasteiger partial charge in [0.15, 0.2) is 5.60 Å². The highest BCUT2D eigenvalue weighted by molar-refractivity contribution is 5.96. The average molecular weight is 895 g/mol. The van der Waals surface area contributed by atoms with Gasteiger partial charge in [-0.25, -0.2) is 10.4 Å². The highest BCUT2D eigenvalue weighted by atomic mass is 16.5. The number of nitrogens with zero attached hydrogens (tertiary/aromatic N) is 6. The highest BCUT2D eigenvalue weighted by Gasteiger charge is 2.48. The molecule has 2 saturated heterocycles. The van der Waals surface area contributed by atoms with Gasteiger partial charge in [0.05, 0.1) is 36.3 Å². The number of aromatic nitrogens is 3. The fraction of sp³-hybridized carbons (Fsp3) is 0.521. The normalized spacial score (nSPS) is 22.3. The summed E-state index contributed by atoms with van der Waals surface area (Å²) in [7, 11) is 3.09. The number of cyclic esters (lactones) is 1. The summed E-state index contributed by atoms with van der Waals surface area (Å²) in [5.74, 6) is -2.94. The fourth-order valence-electron chi connectivity index (χ4n) is 9.49. The van der Waals surface area contributed by atoms with Gasteiger partial charge in [0, 0.05) is 80.3 Å². The smallest absolute Gasteiger partial charge is 0.324 e. The standard InChI is InChI=1S/C48H62N8O9/c1-10-38(57)54-21-18-48(62,26-54)46(61)53(8)40(28(3)4)42(58)51-36-23-31-25-64-43(50-31)30-16-17-37-33(22-30)34(41(55(37)11-2)32-14-12-19-49-39(32)29(5)63-9)24-47(6,7)27-65-45(60)35-15-13-20-56(52-35)44(36)59/h10,12,14,16-17,19,22,25,28-29,35-36,40,52,62H,1,11,13,15,18,20-21,23-24,26-27H2,2-9H3,(H,51,58)/t29-,35-,36-,40-,48?/m0/s1. The molecule has 4 amide bonds. The Balaban J connectivity index is 1.27. The van der Waals surface area contributed by atoms with Crippen molar-refractivity contribution in [2.24, 2.45) is 11.3 Å². The second kappa shape index (κ2) is 18.9. The number of hydrogen-bond acceptors (Lipinski definition) is 12. The summed E-state index contributed by atoms with van der Waals surface area (Å²) in [4.78, 5) is 81.2. The van der Waals surface area contributed by atoms with Crippen LogP contribution >= 0.6 is 0 Å². The number of oxazole rings is 1. The molecule has 3 aromatic heterocycles.